The van der Waals surface area contributed by atoms with Gasteiger partial charge < -0.3 is 23.7 Å². The molecule has 0 aliphatic carbocycles. The largest absolute Gasteiger partial charge is 0.503 e. The lowest BCUT2D eigenvalue weighted by Crippen LogP contribution is -2.05. The fourth-order valence-corrected chi connectivity index (χ4v) is 2.74. The number of esters is 1. The number of benzene rings is 2. The Labute approximate surface area is 167 Å². The van der Waals surface area contributed by atoms with Crippen LogP contribution in [0.2, 0.25) is 0 Å². The van der Waals surface area contributed by atoms with Crippen molar-refractivity contribution in [3.63, 3.8) is 0 Å². The molecule has 0 aliphatic rings. The molecule has 1 heterocycles. The topological polar surface area (TPSA) is 89.0 Å². The highest BCUT2D eigenvalue weighted by Gasteiger charge is 2.17. The van der Waals surface area contributed by atoms with Crippen molar-refractivity contribution in [2.75, 3.05) is 28.4 Å². The third-order valence-electron chi connectivity index (χ3n) is 4.07. The predicted octanol–water partition coefficient (Wildman–Crippen LogP) is 3.60. The van der Waals surface area contributed by atoms with E-state index in [-0.39, 0.29) is 11.6 Å². The van der Waals surface area contributed by atoms with Crippen molar-refractivity contribution in [1.82, 2.24) is 9.97 Å². The maximum absolute atomic E-state index is 12.2. The van der Waals surface area contributed by atoms with Gasteiger partial charge in [-0.15, -0.1) is 0 Å². The van der Waals surface area contributed by atoms with Crippen LogP contribution in [0, 0.1) is 0 Å². The van der Waals surface area contributed by atoms with Crippen LogP contribution in [-0.2, 0) is 14.3 Å². The Hall–Kier alpha value is -3.81. The summed E-state index contributed by atoms with van der Waals surface area (Å²) in [5.41, 5.74) is 0.933. The molecule has 0 saturated carbocycles. The molecular weight excluding hydrogens is 376 g/mol. The first-order valence-corrected chi connectivity index (χ1v) is 8.59. The standard InChI is InChI=1S/C21H20N2O6/c1-25-12-17(20(24)28-4)15-7-5-6-13-8-9-14(10-16(13)15)29-21-22-18(26-2)11-19(23-21)27-3/h5-12H,1-4H3/b17-12-. The number of carbonyl (C=O) groups is 1. The monoisotopic (exact) mass is 396 g/mol. The lowest BCUT2D eigenvalue weighted by molar-refractivity contribution is -0.133. The summed E-state index contributed by atoms with van der Waals surface area (Å²) < 4.78 is 26.0. The molecule has 150 valence electrons. The molecule has 0 N–H and O–H groups in total. The van der Waals surface area contributed by atoms with E-state index in [4.69, 9.17) is 23.7 Å². The van der Waals surface area contributed by atoms with Crippen molar-refractivity contribution in [3.05, 3.63) is 54.3 Å². The summed E-state index contributed by atoms with van der Waals surface area (Å²) in [6.07, 6.45) is 1.35. The van der Waals surface area contributed by atoms with Crippen LogP contribution < -0.4 is 14.2 Å². The van der Waals surface area contributed by atoms with Gasteiger partial charge in [0.15, 0.2) is 0 Å². The Morgan fingerprint density at radius 3 is 2.28 bits per heavy atom. The van der Waals surface area contributed by atoms with Crippen LogP contribution in [0.1, 0.15) is 5.56 Å². The van der Waals surface area contributed by atoms with Crippen LogP contribution in [0.15, 0.2) is 48.7 Å². The van der Waals surface area contributed by atoms with Crippen LogP contribution in [0.4, 0.5) is 0 Å². The van der Waals surface area contributed by atoms with E-state index in [9.17, 15) is 4.79 Å². The molecule has 2 aromatic carbocycles. The van der Waals surface area contributed by atoms with Gasteiger partial charge in [-0.2, -0.15) is 9.97 Å². The SMILES string of the molecule is CO/C=C(\C(=O)OC)c1cccc2ccc(Oc3nc(OC)cc(OC)n3)cc12. The van der Waals surface area contributed by atoms with Gasteiger partial charge in [0.2, 0.25) is 11.8 Å². The van der Waals surface area contributed by atoms with Gasteiger partial charge in [-0.1, -0.05) is 24.3 Å². The van der Waals surface area contributed by atoms with Crippen molar-refractivity contribution in [2.24, 2.45) is 0 Å². The second-order valence-corrected chi connectivity index (χ2v) is 5.78. The minimum Gasteiger partial charge on any atom is -0.503 e. The molecule has 0 saturated heterocycles. The lowest BCUT2D eigenvalue weighted by atomic mass is 9.98. The maximum atomic E-state index is 12.2. The first-order chi connectivity index (χ1) is 14.1. The summed E-state index contributed by atoms with van der Waals surface area (Å²) in [5.74, 6) is 0.585. The number of hydrogen-bond donors (Lipinski definition) is 0. The van der Waals surface area contributed by atoms with Crippen LogP contribution in [0.3, 0.4) is 0 Å². The van der Waals surface area contributed by atoms with Crippen molar-refractivity contribution in [2.45, 2.75) is 0 Å². The zero-order chi connectivity index (χ0) is 20.8. The minimum absolute atomic E-state index is 0.0682. The van der Waals surface area contributed by atoms with E-state index >= 15 is 0 Å². The Morgan fingerprint density at radius 1 is 0.931 bits per heavy atom. The summed E-state index contributed by atoms with van der Waals surface area (Å²) in [5, 5.41) is 1.68. The lowest BCUT2D eigenvalue weighted by Gasteiger charge is -2.11. The zero-order valence-corrected chi connectivity index (χ0v) is 16.5. The highest BCUT2D eigenvalue weighted by Crippen LogP contribution is 2.31. The number of rotatable bonds is 7. The number of aromatic nitrogens is 2. The number of methoxy groups -OCH3 is 4. The summed E-state index contributed by atoms with van der Waals surface area (Å²) in [6.45, 7) is 0. The van der Waals surface area contributed by atoms with Gasteiger partial charge in [0.05, 0.1) is 40.8 Å². The van der Waals surface area contributed by atoms with Gasteiger partial charge in [-0.25, -0.2) is 4.79 Å². The van der Waals surface area contributed by atoms with Gasteiger partial charge in [0.25, 0.3) is 0 Å². The Bertz CT molecular complexity index is 1040. The van der Waals surface area contributed by atoms with Gasteiger partial charge in [0, 0.05) is 5.56 Å². The Kier molecular flexibility index (Phi) is 6.13. The third-order valence-corrected chi connectivity index (χ3v) is 4.07. The predicted molar refractivity (Wildman–Crippen MR) is 106 cm³/mol. The van der Waals surface area contributed by atoms with Crippen LogP contribution in [-0.4, -0.2) is 44.4 Å². The Balaban J connectivity index is 2.06. The van der Waals surface area contributed by atoms with E-state index in [0.717, 1.165) is 10.8 Å². The highest BCUT2D eigenvalue weighted by molar-refractivity contribution is 6.20. The van der Waals surface area contributed by atoms with Crippen molar-refractivity contribution in [1.29, 1.82) is 0 Å². The average molecular weight is 396 g/mol. The molecule has 1 aromatic heterocycles. The first-order valence-electron chi connectivity index (χ1n) is 8.59. The number of carbonyl (C=O) groups excluding carboxylic acids is 1. The van der Waals surface area contributed by atoms with Crippen molar-refractivity contribution >= 4 is 22.3 Å². The first kappa shape index (κ1) is 19.9. The molecule has 3 rings (SSSR count). The van der Waals surface area contributed by atoms with Crippen molar-refractivity contribution < 1.29 is 28.5 Å². The maximum Gasteiger partial charge on any atom is 0.341 e. The third kappa shape index (κ3) is 4.37. The normalized spacial score (nSPS) is 11.1. The number of nitrogens with zero attached hydrogens (tertiary/aromatic N) is 2. The average Bonchev–Trinajstić information content (AvgIpc) is 2.76. The number of hydrogen-bond acceptors (Lipinski definition) is 8. The van der Waals surface area contributed by atoms with Gasteiger partial charge in [0.1, 0.15) is 11.3 Å². The van der Waals surface area contributed by atoms with E-state index in [1.165, 1.54) is 34.7 Å². The minimum atomic E-state index is -0.508. The summed E-state index contributed by atoms with van der Waals surface area (Å²) in [4.78, 5) is 20.5. The van der Waals surface area contributed by atoms with E-state index in [1.807, 2.05) is 18.2 Å². The molecule has 0 fully saturated rings. The fraction of sp³-hybridized carbons (Fsp3) is 0.190. The van der Waals surface area contributed by atoms with Crippen LogP contribution in [0.25, 0.3) is 16.3 Å². The Morgan fingerprint density at radius 2 is 1.66 bits per heavy atom. The fourth-order valence-electron chi connectivity index (χ4n) is 2.74. The molecule has 29 heavy (non-hydrogen) atoms. The number of fused-ring (bicyclic) bond motifs is 1. The molecular formula is C21H20N2O6. The van der Waals surface area contributed by atoms with Gasteiger partial charge in [-0.3, -0.25) is 0 Å². The molecule has 0 unspecified atom stereocenters. The van der Waals surface area contributed by atoms with E-state index in [0.29, 0.717) is 23.1 Å². The molecule has 0 bridgehead atoms. The smallest absolute Gasteiger partial charge is 0.341 e. The summed E-state index contributed by atoms with van der Waals surface area (Å²) >= 11 is 0. The molecule has 3 aromatic rings. The second kappa shape index (κ2) is 8.92. The molecule has 0 spiro atoms. The van der Waals surface area contributed by atoms with E-state index < -0.39 is 5.97 Å². The highest BCUT2D eigenvalue weighted by atomic mass is 16.5. The molecule has 0 amide bonds. The van der Waals surface area contributed by atoms with E-state index in [2.05, 4.69) is 9.97 Å². The van der Waals surface area contributed by atoms with Gasteiger partial charge in [-0.05, 0) is 22.9 Å². The molecule has 8 heteroatoms. The van der Waals surface area contributed by atoms with Crippen LogP contribution in [0.5, 0.6) is 23.5 Å². The van der Waals surface area contributed by atoms with Crippen molar-refractivity contribution in [3.8, 4) is 23.5 Å². The molecule has 0 radical (unpaired) electrons. The second-order valence-electron chi connectivity index (χ2n) is 5.78. The molecule has 8 nitrogen and oxygen atoms in total. The molecule has 0 aliphatic heterocycles. The summed E-state index contributed by atoms with van der Waals surface area (Å²) in [7, 11) is 5.77. The van der Waals surface area contributed by atoms with Crippen LogP contribution >= 0.6 is 0 Å². The summed E-state index contributed by atoms with van der Waals surface area (Å²) in [6, 6.07) is 12.6. The quantitative estimate of drug-likeness (QED) is 0.340. The zero-order valence-electron chi connectivity index (χ0n) is 16.5. The van der Waals surface area contributed by atoms with Gasteiger partial charge >= 0.3 is 12.0 Å². The number of ether oxygens (including phenoxy) is 5. The van der Waals surface area contributed by atoms with E-state index in [1.54, 1.807) is 24.3 Å². The molecule has 0 atom stereocenters.